The van der Waals surface area contributed by atoms with Crippen LogP contribution >= 0.6 is 0 Å². The molecule has 0 aliphatic rings. The van der Waals surface area contributed by atoms with Crippen LogP contribution in [0.15, 0.2) is 10.5 Å². The summed E-state index contributed by atoms with van der Waals surface area (Å²) in [6.07, 6.45) is 0. The molecule has 0 saturated carbocycles. The largest absolute Gasteiger partial charge is 0.456 e. The molecule has 0 saturated heterocycles. The number of hydrazine groups is 1. The van der Waals surface area contributed by atoms with Crippen molar-refractivity contribution < 1.29 is 9.21 Å². The van der Waals surface area contributed by atoms with E-state index in [0.717, 1.165) is 17.9 Å². The van der Waals surface area contributed by atoms with Gasteiger partial charge in [0.15, 0.2) is 5.76 Å². The van der Waals surface area contributed by atoms with Crippen molar-refractivity contribution in [3.05, 3.63) is 23.2 Å². The zero-order chi connectivity index (χ0) is 12.3. The highest BCUT2D eigenvalue weighted by Crippen LogP contribution is 2.16. The molecule has 1 heterocycles. The van der Waals surface area contributed by atoms with E-state index in [1.807, 2.05) is 14.0 Å². The van der Waals surface area contributed by atoms with Gasteiger partial charge in [-0.15, -0.1) is 0 Å². The molecule has 1 aromatic heterocycles. The molecule has 0 aliphatic carbocycles. The Labute approximate surface area is 95.6 Å². The highest BCUT2D eigenvalue weighted by molar-refractivity contribution is 5.91. The summed E-state index contributed by atoms with van der Waals surface area (Å²) >= 11 is 0. The van der Waals surface area contributed by atoms with E-state index in [1.54, 1.807) is 6.07 Å². The van der Waals surface area contributed by atoms with Crippen LogP contribution in [-0.4, -0.2) is 23.9 Å². The van der Waals surface area contributed by atoms with Crippen LogP contribution < -0.4 is 11.3 Å². The Morgan fingerprint density at radius 2 is 2.25 bits per heavy atom. The minimum Gasteiger partial charge on any atom is -0.456 e. The average Bonchev–Trinajstić information content (AvgIpc) is 2.59. The molecular formula is C11H19N3O2. The molecule has 0 unspecified atom stereocenters. The molecule has 0 atom stereocenters. The van der Waals surface area contributed by atoms with Crippen LogP contribution in [0.5, 0.6) is 0 Å². The minimum atomic E-state index is -0.401. The lowest BCUT2D eigenvalue weighted by atomic mass is 10.2. The van der Waals surface area contributed by atoms with E-state index in [4.69, 9.17) is 10.3 Å². The van der Waals surface area contributed by atoms with Crippen LogP contribution in [0.1, 0.15) is 35.7 Å². The molecule has 3 N–H and O–H groups in total. The number of rotatable bonds is 4. The first kappa shape index (κ1) is 12.7. The Hall–Kier alpha value is -1.33. The quantitative estimate of drug-likeness (QED) is 0.456. The van der Waals surface area contributed by atoms with E-state index in [2.05, 4.69) is 24.2 Å². The summed E-state index contributed by atoms with van der Waals surface area (Å²) in [5, 5.41) is 0. The molecule has 90 valence electrons. The normalized spacial score (nSPS) is 11.2. The number of nitrogens with zero attached hydrogens (tertiary/aromatic N) is 1. The van der Waals surface area contributed by atoms with Crippen LogP contribution in [-0.2, 0) is 6.54 Å². The lowest BCUT2D eigenvalue weighted by Crippen LogP contribution is -2.29. The average molecular weight is 225 g/mol. The first-order chi connectivity index (χ1) is 7.45. The Bertz CT molecular complexity index is 371. The highest BCUT2D eigenvalue weighted by Gasteiger charge is 2.15. The number of carbonyl (C=O) groups excluding carboxylic acids is 1. The van der Waals surface area contributed by atoms with Gasteiger partial charge in [0.2, 0.25) is 0 Å². The molecule has 0 fully saturated rings. The predicted molar refractivity (Wildman–Crippen MR) is 61.7 cm³/mol. The fraction of sp³-hybridized carbons (Fsp3) is 0.545. The van der Waals surface area contributed by atoms with Gasteiger partial charge in [-0.25, -0.2) is 5.84 Å². The summed E-state index contributed by atoms with van der Waals surface area (Å²) in [7, 11) is 2.03. The fourth-order valence-corrected chi connectivity index (χ4v) is 1.31. The number of furan rings is 1. The molecule has 1 amide bonds. The smallest absolute Gasteiger partial charge is 0.300 e. The van der Waals surface area contributed by atoms with Crippen molar-refractivity contribution in [1.29, 1.82) is 0 Å². The Balaban J connectivity index is 2.82. The van der Waals surface area contributed by atoms with E-state index in [1.165, 1.54) is 0 Å². The van der Waals surface area contributed by atoms with Crippen molar-refractivity contribution in [3.63, 3.8) is 0 Å². The molecule has 0 bridgehead atoms. The predicted octanol–water partition coefficient (Wildman–Crippen LogP) is 1.03. The summed E-state index contributed by atoms with van der Waals surface area (Å²) in [4.78, 5) is 13.4. The third-order valence-electron chi connectivity index (χ3n) is 2.68. The zero-order valence-corrected chi connectivity index (χ0v) is 10.2. The summed E-state index contributed by atoms with van der Waals surface area (Å²) in [6.45, 7) is 6.83. The molecule has 0 spiro atoms. The van der Waals surface area contributed by atoms with Crippen molar-refractivity contribution in [3.8, 4) is 0 Å². The summed E-state index contributed by atoms with van der Waals surface area (Å²) in [6, 6.07) is 2.18. The van der Waals surface area contributed by atoms with Gasteiger partial charge in [0.1, 0.15) is 5.76 Å². The van der Waals surface area contributed by atoms with E-state index in [9.17, 15) is 4.79 Å². The van der Waals surface area contributed by atoms with Crippen molar-refractivity contribution in [2.45, 2.75) is 33.4 Å². The van der Waals surface area contributed by atoms with Gasteiger partial charge in [-0.05, 0) is 33.9 Å². The second-order valence-electron chi connectivity index (χ2n) is 4.17. The number of nitrogen functional groups attached to an aromatic ring is 1. The number of carbonyl (C=O) groups is 1. The second-order valence-corrected chi connectivity index (χ2v) is 4.17. The van der Waals surface area contributed by atoms with E-state index in [0.29, 0.717) is 6.04 Å². The first-order valence-corrected chi connectivity index (χ1v) is 5.26. The van der Waals surface area contributed by atoms with E-state index in [-0.39, 0.29) is 5.76 Å². The van der Waals surface area contributed by atoms with E-state index >= 15 is 0 Å². The maximum atomic E-state index is 11.3. The summed E-state index contributed by atoms with van der Waals surface area (Å²) < 4.78 is 5.33. The maximum absolute atomic E-state index is 11.3. The molecule has 0 aromatic carbocycles. The Morgan fingerprint density at radius 1 is 1.62 bits per heavy atom. The molecule has 5 heteroatoms. The van der Waals surface area contributed by atoms with Gasteiger partial charge in [0.25, 0.3) is 0 Å². The topological polar surface area (TPSA) is 71.5 Å². The number of hydrogen-bond donors (Lipinski definition) is 2. The third kappa shape index (κ3) is 2.84. The lowest BCUT2D eigenvalue weighted by Gasteiger charge is -2.20. The van der Waals surface area contributed by atoms with Gasteiger partial charge in [-0.1, -0.05) is 0 Å². The number of aryl methyl sites for hydroxylation is 1. The summed E-state index contributed by atoms with van der Waals surface area (Å²) in [5.74, 6) is 5.65. The van der Waals surface area contributed by atoms with Crippen molar-refractivity contribution in [2.24, 2.45) is 5.84 Å². The molecule has 0 radical (unpaired) electrons. The molecule has 1 rings (SSSR count). The van der Waals surface area contributed by atoms with Gasteiger partial charge in [-0.3, -0.25) is 15.1 Å². The van der Waals surface area contributed by atoms with Crippen LogP contribution in [0.2, 0.25) is 0 Å². The van der Waals surface area contributed by atoms with Gasteiger partial charge in [0.05, 0.1) is 0 Å². The van der Waals surface area contributed by atoms with Crippen LogP contribution in [0, 0.1) is 6.92 Å². The molecule has 16 heavy (non-hydrogen) atoms. The van der Waals surface area contributed by atoms with Gasteiger partial charge in [-0.2, -0.15) is 0 Å². The maximum Gasteiger partial charge on any atom is 0.300 e. The lowest BCUT2D eigenvalue weighted by molar-refractivity contribution is 0.0924. The number of amides is 1. The van der Waals surface area contributed by atoms with Crippen molar-refractivity contribution in [2.75, 3.05) is 7.05 Å². The number of nitrogens with two attached hydrogens (primary N) is 1. The molecule has 1 aromatic rings. The van der Waals surface area contributed by atoms with Gasteiger partial charge < -0.3 is 4.42 Å². The van der Waals surface area contributed by atoms with Gasteiger partial charge >= 0.3 is 5.91 Å². The highest BCUT2D eigenvalue weighted by atomic mass is 16.4. The SMILES string of the molecule is Cc1oc(C(=O)NN)cc1CN(C)C(C)C. The first-order valence-electron chi connectivity index (χ1n) is 5.26. The number of nitrogens with one attached hydrogen (secondary N) is 1. The van der Waals surface area contributed by atoms with Crippen molar-refractivity contribution in [1.82, 2.24) is 10.3 Å². The minimum absolute atomic E-state index is 0.257. The zero-order valence-electron chi connectivity index (χ0n) is 10.2. The van der Waals surface area contributed by atoms with Crippen LogP contribution in [0.4, 0.5) is 0 Å². The Kier molecular flexibility index (Phi) is 4.09. The molecule has 0 aliphatic heterocycles. The third-order valence-corrected chi connectivity index (χ3v) is 2.68. The van der Waals surface area contributed by atoms with Crippen LogP contribution in [0.3, 0.4) is 0 Å². The fourth-order valence-electron chi connectivity index (χ4n) is 1.31. The van der Waals surface area contributed by atoms with Gasteiger partial charge in [0, 0.05) is 18.2 Å². The monoisotopic (exact) mass is 225 g/mol. The summed E-state index contributed by atoms with van der Waals surface area (Å²) in [5.41, 5.74) is 3.06. The molecule has 5 nitrogen and oxygen atoms in total. The van der Waals surface area contributed by atoms with Crippen LogP contribution in [0.25, 0.3) is 0 Å². The Morgan fingerprint density at radius 3 is 2.75 bits per heavy atom. The number of hydrogen-bond acceptors (Lipinski definition) is 4. The second kappa shape index (κ2) is 5.14. The van der Waals surface area contributed by atoms with Crippen molar-refractivity contribution >= 4 is 5.91 Å². The standard InChI is InChI=1S/C11H19N3O2/c1-7(2)14(4)6-9-5-10(11(15)13-12)16-8(9)3/h5,7H,6,12H2,1-4H3,(H,13,15). The molecular weight excluding hydrogens is 206 g/mol. The van der Waals surface area contributed by atoms with E-state index < -0.39 is 5.91 Å².